The Labute approximate surface area is 92.8 Å². The molecule has 0 saturated heterocycles. The number of nitro groups is 1. The minimum atomic E-state index is -0.468. The lowest BCUT2D eigenvalue weighted by molar-refractivity contribution is -0.384. The Morgan fingerprint density at radius 2 is 2.19 bits per heavy atom. The second-order valence-electron chi connectivity index (χ2n) is 3.28. The minimum Gasteiger partial charge on any atom is -0.376 e. The van der Waals surface area contributed by atoms with Crippen LogP contribution >= 0.6 is 0 Å². The van der Waals surface area contributed by atoms with Gasteiger partial charge in [-0.1, -0.05) is 6.07 Å². The van der Waals surface area contributed by atoms with Gasteiger partial charge >= 0.3 is 0 Å². The third-order valence-corrected chi connectivity index (χ3v) is 2.15. The van der Waals surface area contributed by atoms with E-state index in [1.807, 2.05) is 6.92 Å². The summed E-state index contributed by atoms with van der Waals surface area (Å²) in [6.07, 6.45) is 0. The first-order valence-corrected chi connectivity index (χ1v) is 4.74. The van der Waals surface area contributed by atoms with Gasteiger partial charge in [0.2, 0.25) is 5.91 Å². The highest BCUT2D eigenvalue weighted by Gasteiger charge is 2.08. The number of benzene rings is 1. The molecule has 0 radical (unpaired) electrons. The first-order chi connectivity index (χ1) is 7.54. The smallest absolute Gasteiger partial charge is 0.271 e. The van der Waals surface area contributed by atoms with E-state index in [4.69, 9.17) is 0 Å². The number of anilines is 1. The molecule has 0 saturated carbocycles. The number of carbonyl (C=O) groups is 1. The fraction of sp³-hybridized carbons (Fsp3) is 0.300. The van der Waals surface area contributed by atoms with Crippen LogP contribution in [0.1, 0.15) is 5.56 Å². The topological polar surface area (TPSA) is 84.3 Å². The van der Waals surface area contributed by atoms with Gasteiger partial charge in [0.1, 0.15) is 0 Å². The number of nitrogens with one attached hydrogen (secondary N) is 2. The number of rotatable bonds is 4. The van der Waals surface area contributed by atoms with Crippen molar-refractivity contribution < 1.29 is 9.72 Å². The molecule has 1 amide bonds. The van der Waals surface area contributed by atoms with Crippen LogP contribution in [-0.4, -0.2) is 24.4 Å². The van der Waals surface area contributed by atoms with E-state index in [9.17, 15) is 14.9 Å². The second kappa shape index (κ2) is 5.11. The molecular weight excluding hydrogens is 210 g/mol. The molecule has 6 nitrogen and oxygen atoms in total. The quantitative estimate of drug-likeness (QED) is 0.590. The van der Waals surface area contributed by atoms with E-state index in [0.29, 0.717) is 5.69 Å². The van der Waals surface area contributed by atoms with Gasteiger partial charge in [-0.05, 0) is 12.5 Å². The molecule has 0 aliphatic heterocycles. The van der Waals surface area contributed by atoms with Crippen LogP contribution in [-0.2, 0) is 4.79 Å². The molecule has 0 bridgehead atoms. The van der Waals surface area contributed by atoms with Crippen molar-refractivity contribution in [2.24, 2.45) is 0 Å². The molecule has 6 heteroatoms. The Kier molecular flexibility index (Phi) is 3.82. The van der Waals surface area contributed by atoms with Crippen molar-refractivity contribution in [2.45, 2.75) is 6.92 Å². The number of nitrogens with zero attached hydrogens (tertiary/aromatic N) is 1. The molecule has 86 valence electrons. The van der Waals surface area contributed by atoms with Crippen LogP contribution < -0.4 is 10.6 Å². The molecule has 0 aliphatic rings. The summed E-state index contributed by atoms with van der Waals surface area (Å²) in [6.45, 7) is 1.91. The number of likely N-dealkylation sites (N-methyl/N-ethyl adjacent to an activating group) is 1. The van der Waals surface area contributed by atoms with Gasteiger partial charge in [-0.25, -0.2) is 0 Å². The summed E-state index contributed by atoms with van der Waals surface area (Å²) in [5.74, 6) is -0.175. The summed E-state index contributed by atoms with van der Waals surface area (Å²) < 4.78 is 0. The van der Waals surface area contributed by atoms with Crippen LogP contribution in [0.4, 0.5) is 11.4 Å². The molecule has 0 aliphatic carbocycles. The predicted octanol–water partition coefficient (Wildman–Crippen LogP) is 1.06. The number of hydrogen-bond acceptors (Lipinski definition) is 4. The largest absolute Gasteiger partial charge is 0.376 e. The lowest BCUT2D eigenvalue weighted by atomic mass is 10.2. The SMILES string of the molecule is CNC(=O)CNc1cc([N+](=O)[O-])ccc1C. The summed E-state index contributed by atoms with van der Waals surface area (Å²) in [6, 6.07) is 4.49. The van der Waals surface area contributed by atoms with Crippen LogP contribution in [0.3, 0.4) is 0 Å². The molecule has 2 N–H and O–H groups in total. The van der Waals surface area contributed by atoms with Crippen molar-refractivity contribution >= 4 is 17.3 Å². The number of carbonyl (C=O) groups excluding carboxylic acids is 1. The summed E-state index contributed by atoms with van der Waals surface area (Å²) in [4.78, 5) is 21.1. The third kappa shape index (κ3) is 2.94. The highest BCUT2D eigenvalue weighted by atomic mass is 16.6. The van der Waals surface area contributed by atoms with Gasteiger partial charge in [0, 0.05) is 24.9 Å². The average Bonchev–Trinajstić information content (AvgIpc) is 2.27. The normalized spacial score (nSPS) is 9.62. The van der Waals surface area contributed by atoms with Crippen molar-refractivity contribution in [3.05, 3.63) is 33.9 Å². The number of amides is 1. The van der Waals surface area contributed by atoms with Gasteiger partial charge in [-0.3, -0.25) is 14.9 Å². The van der Waals surface area contributed by atoms with E-state index >= 15 is 0 Å². The molecule has 1 aromatic rings. The van der Waals surface area contributed by atoms with E-state index in [1.54, 1.807) is 6.07 Å². The number of aryl methyl sites for hydroxylation is 1. The highest BCUT2D eigenvalue weighted by molar-refractivity contribution is 5.80. The van der Waals surface area contributed by atoms with Gasteiger partial charge < -0.3 is 10.6 Å². The minimum absolute atomic E-state index is 0.00464. The predicted molar refractivity (Wildman–Crippen MR) is 60.4 cm³/mol. The summed E-state index contributed by atoms with van der Waals surface area (Å²) in [5, 5.41) is 15.9. The third-order valence-electron chi connectivity index (χ3n) is 2.15. The van der Waals surface area contributed by atoms with E-state index in [2.05, 4.69) is 10.6 Å². The monoisotopic (exact) mass is 223 g/mol. The first kappa shape index (κ1) is 12.0. The summed E-state index contributed by atoms with van der Waals surface area (Å²) >= 11 is 0. The van der Waals surface area contributed by atoms with Crippen molar-refractivity contribution in [1.82, 2.24) is 5.32 Å². The summed E-state index contributed by atoms with van der Waals surface area (Å²) in [7, 11) is 1.53. The number of non-ortho nitro benzene ring substituents is 1. The van der Waals surface area contributed by atoms with Gasteiger partial charge in [-0.2, -0.15) is 0 Å². The second-order valence-corrected chi connectivity index (χ2v) is 3.28. The maximum atomic E-state index is 11.0. The Hall–Kier alpha value is -2.11. The van der Waals surface area contributed by atoms with Crippen LogP contribution in [0, 0.1) is 17.0 Å². The molecule has 0 fully saturated rings. The maximum Gasteiger partial charge on any atom is 0.271 e. The van der Waals surface area contributed by atoms with Gasteiger partial charge in [0.25, 0.3) is 5.69 Å². The number of nitro benzene ring substituents is 1. The lowest BCUT2D eigenvalue weighted by Gasteiger charge is -2.08. The van der Waals surface area contributed by atoms with Crippen LogP contribution in [0.15, 0.2) is 18.2 Å². The molecule has 0 atom stereocenters. The van der Waals surface area contributed by atoms with E-state index in [0.717, 1.165) is 5.56 Å². The molecule has 1 rings (SSSR count). The fourth-order valence-corrected chi connectivity index (χ4v) is 1.18. The highest BCUT2D eigenvalue weighted by Crippen LogP contribution is 2.21. The standard InChI is InChI=1S/C10H13N3O3/c1-7-3-4-8(13(15)16)5-9(7)12-6-10(14)11-2/h3-5,12H,6H2,1-2H3,(H,11,14). The lowest BCUT2D eigenvalue weighted by Crippen LogP contribution is -2.26. The van der Waals surface area contributed by atoms with Gasteiger partial charge in [-0.15, -0.1) is 0 Å². The Morgan fingerprint density at radius 3 is 2.75 bits per heavy atom. The van der Waals surface area contributed by atoms with Crippen molar-refractivity contribution in [3.63, 3.8) is 0 Å². The maximum absolute atomic E-state index is 11.0. The molecule has 1 aromatic carbocycles. The first-order valence-electron chi connectivity index (χ1n) is 4.74. The molecule has 0 unspecified atom stereocenters. The zero-order chi connectivity index (χ0) is 12.1. The molecule has 16 heavy (non-hydrogen) atoms. The zero-order valence-corrected chi connectivity index (χ0v) is 9.11. The van der Waals surface area contributed by atoms with E-state index in [1.165, 1.54) is 19.2 Å². The Bertz CT molecular complexity index is 418. The van der Waals surface area contributed by atoms with E-state index in [-0.39, 0.29) is 18.1 Å². The van der Waals surface area contributed by atoms with Crippen LogP contribution in [0.25, 0.3) is 0 Å². The van der Waals surface area contributed by atoms with Gasteiger partial charge in [0.15, 0.2) is 0 Å². The van der Waals surface area contributed by atoms with Crippen molar-refractivity contribution in [2.75, 3.05) is 18.9 Å². The van der Waals surface area contributed by atoms with Crippen molar-refractivity contribution in [3.8, 4) is 0 Å². The number of hydrogen-bond donors (Lipinski definition) is 2. The fourth-order valence-electron chi connectivity index (χ4n) is 1.18. The van der Waals surface area contributed by atoms with Gasteiger partial charge in [0.05, 0.1) is 11.5 Å². The van der Waals surface area contributed by atoms with Crippen molar-refractivity contribution in [1.29, 1.82) is 0 Å². The van der Waals surface area contributed by atoms with Crippen LogP contribution in [0.2, 0.25) is 0 Å². The molecule has 0 spiro atoms. The average molecular weight is 223 g/mol. The molecular formula is C10H13N3O3. The van der Waals surface area contributed by atoms with Crippen LogP contribution in [0.5, 0.6) is 0 Å². The zero-order valence-electron chi connectivity index (χ0n) is 9.11. The van der Waals surface area contributed by atoms with E-state index < -0.39 is 4.92 Å². The Morgan fingerprint density at radius 1 is 1.50 bits per heavy atom. The molecule has 0 aromatic heterocycles. The molecule has 0 heterocycles. The summed E-state index contributed by atoms with van der Waals surface area (Å²) in [5.41, 5.74) is 1.46. The Balaban J connectivity index is 2.82.